The summed E-state index contributed by atoms with van der Waals surface area (Å²) in [7, 11) is 0. The molecule has 2 heterocycles. The molecule has 8 nitrogen and oxygen atoms in total. The summed E-state index contributed by atoms with van der Waals surface area (Å²) in [5.74, 6) is 0. The summed E-state index contributed by atoms with van der Waals surface area (Å²) in [6, 6.07) is 0. The first-order chi connectivity index (χ1) is 8.04. The number of halogens is 1. The van der Waals surface area contributed by atoms with Crippen molar-refractivity contribution in [2.75, 3.05) is 6.67 Å². The Morgan fingerprint density at radius 3 is 2.50 bits per heavy atom. The molecule has 108 valence electrons. The molecule has 2 aliphatic heterocycles. The first-order valence-corrected chi connectivity index (χ1v) is 5.83. The second-order valence-electron chi connectivity index (χ2n) is 4.47. The zero-order valence-corrected chi connectivity index (χ0v) is 11.0. The molecule has 0 amide bonds. The van der Waals surface area contributed by atoms with Crippen LogP contribution in [-0.4, -0.2) is 58.8 Å². The molecule has 5 atom stereocenters. The molecule has 2 fully saturated rings. The van der Waals surface area contributed by atoms with E-state index in [-0.39, 0.29) is 24.7 Å². The fourth-order valence-corrected chi connectivity index (χ4v) is 2.18. The van der Waals surface area contributed by atoms with Crippen LogP contribution in [0.3, 0.4) is 0 Å². The highest BCUT2D eigenvalue weighted by Gasteiger charge is 2.46. The molecule has 1 unspecified atom stereocenters. The van der Waals surface area contributed by atoms with Crippen molar-refractivity contribution in [1.29, 1.82) is 0 Å². The van der Waals surface area contributed by atoms with Crippen molar-refractivity contribution in [3.8, 4) is 0 Å². The van der Waals surface area contributed by atoms with Crippen molar-refractivity contribution < 1.29 is 14.9 Å². The second-order valence-corrected chi connectivity index (χ2v) is 4.47. The maximum Gasteiger partial charge on any atom is 0.153 e. The van der Waals surface area contributed by atoms with E-state index in [1.165, 1.54) is 0 Å². The monoisotopic (exact) mass is 283 g/mol. The third-order valence-corrected chi connectivity index (χ3v) is 3.22. The van der Waals surface area contributed by atoms with Gasteiger partial charge in [0, 0.05) is 0 Å². The molecule has 2 aliphatic rings. The van der Waals surface area contributed by atoms with E-state index >= 15 is 0 Å². The molecule has 0 aromatic rings. The standard InChI is InChI=1S/C9H21N5O3.ClH/c1-2-4-5(15)6(16)9(17-4)14-3-12-8(13-14)7(10)11;/h4-9,12-13,15-16H,2-3,10-11H2,1H3;1H/t4-,5-,6-,8?,9-;/m1./s1. The average molecular weight is 284 g/mol. The molecule has 2 saturated heterocycles. The van der Waals surface area contributed by atoms with E-state index in [0.29, 0.717) is 13.1 Å². The number of hydrogen-bond acceptors (Lipinski definition) is 8. The molecule has 0 radical (unpaired) electrons. The predicted octanol–water partition coefficient (Wildman–Crippen LogP) is -2.80. The van der Waals surface area contributed by atoms with Crippen LogP contribution in [0, 0.1) is 0 Å². The Balaban J connectivity index is 0.00000162. The van der Waals surface area contributed by atoms with Crippen LogP contribution in [0.4, 0.5) is 0 Å². The van der Waals surface area contributed by atoms with Gasteiger partial charge in [0.25, 0.3) is 0 Å². The van der Waals surface area contributed by atoms with Crippen LogP contribution in [-0.2, 0) is 4.74 Å². The number of hydrazine groups is 1. The molecular formula is C9H22ClN5O3. The Kier molecular flexibility index (Phi) is 5.71. The van der Waals surface area contributed by atoms with E-state index in [1.54, 1.807) is 5.01 Å². The zero-order valence-electron chi connectivity index (χ0n) is 10.2. The Hall–Kier alpha value is -0.0300. The first-order valence-electron chi connectivity index (χ1n) is 5.83. The lowest BCUT2D eigenvalue weighted by Gasteiger charge is -2.26. The SMILES string of the molecule is CC[C@H]1O[C@@H](N2CNC(C(N)N)N2)[C@H](O)[C@@H]1O.Cl. The van der Waals surface area contributed by atoms with E-state index in [0.717, 1.165) is 0 Å². The van der Waals surface area contributed by atoms with Crippen LogP contribution < -0.4 is 22.2 Å². The van der Waals surface area contributed by atoms with Crippen molar-refractivity contribution in [1.82, 2.24) is 15.8 Å². The normalized spacial score (nSPS) is 41.3. The number of aliphatic hydroxyl groups is 2. The van der Waals surface area contributed by atoms with Crippen LogP contribution in [0.5, 0.6) is 0 Å². The Morgan fingerprint density at radius 2 is 2.06 bits per heavy atom. The molecule has 0 spiro atoms. The summed E-state index contributed by atoms with van der Waals surface area (Å²) < 4.78 is 5.59. The number of rotatable bonds is 3. The highest BCUT2D eigenvalue weighted by molar-refractivity contribution is 5.85. The van der Waals surface area contributed by atoms with Gasteiger partial charge in [0.1, 0.15) is 18.4 Å². The van der Waals surface area contributed by atoms with Crippen LogP contribution in [0.15, 0.2) is 0 Å². The number of nitrogens with one attached hydrogen (secondary N) is 2. The van der Waals surface area contributed by atoms with Crippen LogP contribution >= 0.6 is 12.4 Å². The Labute approximate surface area is 112 Å². The summed E-state index contributed by atoms with van der Waals surface area (Å²) in [5.41, 5.74) is 14.1. The lowest BCUT2D eigenvalue weighted by Crippen LogP contribution is -2.56. The van der Waals surface area contributed by atoms with Gasteiger partial charge in [-0.1, -0.05) is 6.92 Å². The van der Waals surface area contributed by atoms with Gasteiger partial charge in [-0.25, -0.2) is 5.43 Å². The number of hydrogen-bond donors (Lipinski definition) is 6. The van der Waals surface area contributed by atoms with Crippen LogP contribution in [0.2, 0.25) is 0 Å². The van der Waals surface area contributed by atoms with Crippen molar-refractivity contribution in [3.05, 3.63) is 0 Å². The Morgan fingerprint density at radius 1 is 1.39 bits per heavy atom. The summed E-state index contributed by atoms with van der Waals surface area (Å²) in [5, 5.41) is 24.4. The van der Waals surface area contributed by atoms with Crippen LogP contribution in [0.1, 0.15) is 13.3 Å². The molecule has 0 aromatic carbocycles. The molecule has 0 aromatic heterocycles. The van der Waals surface area contributed by atoms with Gasteiger partial charge in [0.15, 0.2) is 6.23 Å². The fourth-order valence-electron chi connectivity index (χ4n) is 2.18. The summed E-state index contributed by atoms with van der Waals surface area (Å²) in [4.78, 5) is 0. The number of aliphatic hydroxyl groups excluding tert-OH is 2. The first kappa shape index (κ1) is 16.0. The predicted molar refractivity (Wildman–Crippen MR) is 67.1 cm³/mol. The van der Waals surface area contributed by atoms with Gasteiger partial charge in [0.2, 0.25) is 0 Å². The van der Waals surface area contributed by atoms with Gasteiger partial charge < -0.3 is 26.4 Å². The van der Waals surface area contributed by atoms with Crippen molar-refractivity contribution in [3.63, 3.8) is 0 Å². The number of nitrogens with zero attached hydrogens (tertiary/aromatic N) is 1. The quantitative estimate of drug-likeness (QED) is 0.307. The maximum absolute atomic E-state index is 9.90. The molecule has 9 heteroatoms. The van der Waals surface area contributed by atoms with E-state index in [2.05, 4.69) is 10.7 Å². The third-order valence-electron chi connectivity index (χ3n) is 3.22. The van der Waals surface area contributed by atoms with Gasteiger partial charge in [0.05, 0.1) is 18.9 Å². The molecule has 0 bridgehead atoms. The number of ether oxygens (including phenoxy) is 1. The van der Waals surface area contributed by atoms with Crippen molar-refractivity contribution >= 4 is 12.4 Å². The number of nitrogens with two attached hydrogens (primary N) is 2. The summed E-state index contributed by atoms with van der Waals surface area (Å²) in [6.07, 6.45) is -2.91. The average Bonchev–Trinajstić information content (AvgIpc) is 2.87. The minimum atomic E-state index is -0.943. The van der Waals surface area contributed by atoms with Gasteiger partial charge >= 0.3 is 0 Å². The smallest absolute Gasteiger partial charge is 0.153 e. The zero-order chi connectivity index (χ0) is 12.6. The maximum atomic E-state index is 9.90. The fraction of sp³-hybridized carbons (Fsp3) is 1.00. The van der Waals surface area contributed by atoms with Crippen molar-refractivity contribution in [2.45, 2.75) is 50.2 Å². The lowest BCUT2D eigenvalue weighted by atomic mass is 10.1. The highest BCUT2D eigenvalue weighted by Crippen LogP contribution is 2.25. The third kappa shape index (κ3) is 2.93. The molecule has 0 saturated carbocycles. The molecule has 18 heavy (non-hydrogen) atoms. The molecule has 0 aliphatic carbocycles. The van der Waals surface area contributed by atoms with E-state index < -0.39 is 24.6 Å². The second kappa shape index (κ2) is 6.42. The van der Waals surface area contributed by atoms with E-state index in [4.69, 9.17) is 16.2 Å². The van der Waals surface area contributed by atoms with Gasteiger partial charge in [-0.2, -0.15) is 5.01 Å². The van der Waals surface area contributed by atoms with Crippen LogP contribution in [0.25, 0.3) is 0 Å². The van der Waals surface area contributed by atoms with E-state index in [1.807, 2.05) is 6.92 Å². The van der Waals surface area contributed by atoms with Crippen molar-refractivity contribution in [2.24, 2.45) is 11.5 Å². The minimum Gasteiger partial charge on any atom is -0.388 e. The van der Waals surface area contributed by atoms with Gasteiger partial charge in [-0.3, -0.25) is 5.32 Å². The largest absolute Gasteiger partial charge is 0.388 e. The highest BCUT2D eigenvalue weighted by atomic mass is 35.5. The Bertz CT molecular complexity index is 273. The van der Waals surface area contributed by atoms with Gasteiger partial charge in [-0.15, -0.1) is 12.4 Å². The van der Waals surface area contributed by atoms with E-state index in [9.17, 15) is 10.2 Å². The topological polar surface area (TPSA) is 129 Å². The molecule has 2 rings (SSSR count). The molecule has 8 N–H and O–H groups in total. The lowest BCUT2D eigenvalue weighted by molar-refractivity contribution is -0.102. The molecular weight excluding hydrogens is 262 g/mol. The minimum absolute atomic E-state index is 0. The van der Waals surface area contributed by atoms with Gasteiger partial charge in [-0.05, 0) is 6.42 Å². The summed E-state index contributed by atoms with van der Waals surface area (Å²) >= 11 is 0. The summed E-state index contributed by atoms with van der Waals surface area (Å²) in [6.45, 7) is 2.34.